The molecular formula is C30H23BrFNO5S. The van der Waals surface area contributed by atoms with Gasteiger partial charge in [0.1, 0.15) is 24.8 Å². The van der Waals surface area contributed by atoms with Crippen molar-refractivity contribution in [2.75, 3.05) is 20.3 Å². The highest BCUT2D eigenvalue weighted by molar-refractivity contribution is 9.10. The number of imide groups is 1. The van der Waals surface area contributed by atoms with E-state index < -0.39 is 5.91 Å². The van der Waals surface area contributed by atoms with E-state index in [1.54, 1.807) is 19.3 Å². The summed E-state index contributed by atoms with van der Waals surface area (Å²) in [6, 6.07) is 23.3. The van der Waals surface area contributed by atoms with Gasteiger partial charge in [0, 0.05) is 0 Å². The number of carbonyl (C=O) groups excluding carboxylic acids is 2. The molecule has 9 heteroatoms. The lowest BCUT2D eigenvalue weighted by Crippen LogP contribution is -2.32. The van der Waals surface area contributed by atoms with Gasteiger partial charge in [-0.05, 0) is 92.1 Å². The van der Waals surface area contributed by atoms with Crippen LogP contribution in [-0.2, 0) is 11.4 Å². The first-order chi connectivity index (χ1) is 18.9. The van der Waals surface area contributed by atoms with Gasteiger partial charge in [-0.3, -0.25) is 14.5 Å². The first kappa shape index (κ1) is 26.8. The number of benzene rings is 4. The Morgan fingerprint density at radius 3 is 2.54 bits per heavy atom. The minimum Gasteiger partial charge on any atom is -0.493 e. The van der Waals surface area contributed by atoms with Crippen LogP contribution < -0.4 is 14.2 Å². The number of amides is 2. The van der Waals surface area contributed by atoms with Crippen molar-refractivity contribution in [3.63, 3.8) is 0 Å². The van der Waals surface area contributed by atoms with Crippen molar-refractivity contribution < 1.29 is 28.2 Å². The zero-order valence-corrected chi connectivity index (χ0v) is 23.3. The largest absolute Gasteiger partial charge is 0.493 e. The quantitative estimate of drug-likeness (QED) is 0.184. The predicted molar refractivity (Wildman–Crippen MR) is 154 cm³/mol. The van der Waals surface area contributed by atoms with Gasteiger partial charge in [-0.25, -0.2) is 4.39 Å². The van der Waals surface area contributed by atoms with Crippen LogP contribution in [0.25, 0.3) is 16.8 Å². The van der Waals surface area contributed by atoms with E-state index in [0.29, 0.717) is 38.8 Å². The summed E-state index contributed by atoms with van der Waals surface area (Å²) in [4.78, 5) is 26.8. The van der Waals surface area contributed by atoms with Gasteiger partial charge < -0.3 is 14.2 Å². The monoisotopic (exact) mass is 607 g/mol. The SMILES string of the molecule is COc1cc(/C=C2\SC(=O)N(CCOc3ccc(F)cc3)C2=O)cc(Br)c1OCc1cccc2ccccc12. The summed E-state index contributed by atoms with van der Waals surface area (Å²) in [7, 11) is 1.55. The molecule has 39 heavy (non-hydrogen) atoms. The topological polar surface area (TPSA) is 65.1 Å². The molecule has 0 aliphatic carbocycles. The van der Waals surface area contributed by atoms with Crippen LogP contribution in [0.2, 0.25) is 0 Å². The molecule has 0 saturated carbocycles. The molecule has 4 aromatic rings. The number of fused-ring (bicyclic) bond motifs is 1. The molecule has 2 amide bonds. The Kier molecular flexibility index (Phi) is 8.18. The van der Waals surface area contributed by atoms with Crippen molar-refractivity contribution in [1.82, 2.24) is 4.90 Å². The number of nitrogens with zero attached hydrogens (tertiary/aromatic N) is 1. The predicted octanol–water partition coefficient (Wildman–Crippen LogP) is 7.44. The molecule has 4 aromatic carbocycles. The molecule has 1 aliphatic rings. The van der Waals surface area contributed by atoms with E-state index in [2.05, 4.69) is 34.1 Å². The van der Waals surface area contributed by atoms with Crippen LogP contribution in [0.15, 0.2) is 88.2 Å². The van der Waals surface area contributed by atoms with E-state index in [-0.39, 0.29) is 24.2 Å². The summed E-state index contributed by atoms with van der Waals surface area (Å²) in [6.07, 6.45) is 1.65. The average Bonchev–Trinajstić information content (AvgIpc) is 3.20. The number of carbonyl (C=O) groups is 2. The van der Waals surface area contributed by atoms with Gasteiger partial charge in [0.15, 0.2) is 11.5 Å². The van der Waals surface area contributed by atoms with Gasteiger partial charge in [0.2, 0.25) is 0 Å². The molecule has 1 heterocycles. The Hall–Kier alpha value is -3.82. The van der Waals surface area contributed by atoms with Gasteiger partial charge in [-0.1, -0.05) is 42.5 Å². The Bertz CT molecular complexity index is 1570. The Morgan fingerprint density at radius 1 is 0.974 bits per heavy atom. The summed E-state index contributed by atoms with van der Waals surface area (Å²) in [5, 5.41) is 1.87. The maximum absolute atomic E-state index is 13.1. The molecule has 1 aliphatic heterocycles. The molecule has 0 spiro atoms. The zero-order chi connectivity index (χ0) is 27.4. The number of ether oxygens (including phenoxy) is 3. The van der Waals surface area contributed by atoms with Gasteiger partial charge in [-0.15, -0.1) is 0 Å². The Balaban J connectivity index is 1.28. The lowest BCUT2D eigenvalue weighted by Gasteiger charge is -2.15. The van der Waals surface area contributed by atoms with Gasteiger partial charge >= 0.3 is 0 Å². The molecule has 0 unspecified atom stereocenters. The highest BCUT2D eigenvalue weighted by Crippen LogP contribution is 2.39. The summed E-state index contributed by atoms with van der Waals surface area (Å²) < 4.78 is 31.0. The van der Waals surface area contributed by atoms with Crippen LogP contribution in [0, 0.1) is 5.82 Å². The molecule has 0 atom stereocenters. The molecule has 6 nitrogen and oxygen atoms in total. The first-order valence-electron chi connectivity index (χ1n) is 12.0. The third-order valence-electron chi connectivity index (χ3n) is 6.07. The standard InChI is InChI=1S/C30H23BrFNO5S/c1-36-26-16-19(15-25(31)28(26)38-18-21-7-4-6-20-5-2-3-8-24(20)21)17-27-29(34)33(30(35)39-27)13-14-37-23-11-9-22(32)10-12-23/h2-12,15-17H,13-14,18H2,1H3/b27-17-. The van der Waals surface area contributed by atoms with Crippen LogP contribution >= 0.6 is 27.7 Å². The Labute approximate surface area is 237 Å². The molecule has 0 N–H and O–H groups in total. The second kappa shape index (κ2) is 11.9. The normalized spacial score (nSPS) is 14.3. The second-order valence-electron chi connectivity index (χ2n) is 8.60. The highest BCUT2D eigenvalue weighted by atomic mass is 79.9. The van der Waals surface area contributed by atoms with Crippen molar-refractivity contribution in [2.45, 2.75) is 6.61 Å². The maximum atomic E-state index is 13.1. The number of thioether (sulfide) groups is 1. The van der Waals surface area contributed by atoms with E-state index in [0.717, 1.165) is 33.0 Å². The molecule has 1 saturated heterocycles. The summed E-state index contributed by atoms with van der Waals surface area (Å²) >= 11 is 4.43. The Morgan fingerprint density at radius 2 is 1.74 bits per heavy atom. The van der Waals surface area contributed by atoms with E-state index in [1.165, 1.54) is 24.3 Å². The fraction of sp³-hybridized carbons (Fsp3) is 0.133. The smallest absolute Gasteiger partial charge is 0.293 e. The lowest BCUT2D eigenvalue weighted by atomic mass is 10.1. The third-order valence-corrected chi connectivity index (χ3v) is 7.57. The molecule has 0 aromatic heterocycles. The summed E-state index contributed by atoms with van der Waals surface area (Å²) in [5.41, 5.74) is 1.72. The van der Waals surface area contributed by atoms with E-state index in [1.807, 2.05) is 30.3 Å². The van der Waals surface area contributed by atoms with Crippen molar-refractivity contribution in [3.05, 3.63) is 105 Å². The fourth-order valence-electron chi connectivity index (χ4n) is 4.16. The number of methoxy groups -OCH3 is 1. The van der Waals surface area contributed by atoms with Gasteiger partial charge in [-0.2, -0.15) is 0 Å². The van der Waals surface area contributed by atoms with Crippen molar-refractivity contribution in [3.8, 4) is 17.2 Å². The highest BCUT2D eigenvalue weighted by Gasteiger charge is 2.35. The molecule has 5 rings (SSSR count). The summed E-state index contributed by atoms with van der Waals surface area (Å²) in [6.45, 7) is 0.515. The number of hydrogen-bond acceptors (Lipinski definition) is 6. The number of rotatable bonds is 9. The van der Waals surface area contributed by atoms with Crippen LogP contribution in [-0.4, -0.2) is 36.3 Å². The summed E-state index contributed by atoms with van der Waals surface area (Å²) in [5.74, 6) is 0.709. The fourth-order valence-corrected chi connectivity index (χ4v) is 5.60. The molecule has 0 radical (unpaired) electrons. The van der Waals surface area contributed by atoms with Crippen LogP contribution in [0.5, 0.6) is 17.2 Å². The van der Waals surface area contributed by atoms with E-state index >= 15 is 0 Å². The maximum Gasteiger partial charge on any atom is 0.293 e. The van der Waals surface area contributed by atoms with E-state index in [9.17, 15) is 14.0 Å². The zero-order valence-electron chi connectivity index (χ0n) is 20.9. The van der Waals surface area contributed by atoms with Crippen molar-refractivity contribution in [1.29, 1.82) is 0 Å². The molecule has 1 fully saturated rings. The van der Waals surface area contributed by atoms with Crippen LogP contribution in [0.1, 0.15) is 11.1 Å². The van der Waals surface area contributed by atoms with Crippen molar-refractivity contribution in [2.24, 2.45) is 0 Å². The minimum atomic E-state index is -0.404. The first-order valence-corrected chi connectivity index (χ1v) is 13.6. The van der Waals surface area contributed by atoms with Crippen molar-refractivity contribution >= 4 is 55.7 Å². The molecule has 198 valence electrons. The number of hydrogen-bond donors (Lipinski definition) is 0. The van der Waals surface area contributed by atoms with Gasteiger partial charge in [0.05, 0.1) is 23.0 Å². The molecular weight excluding hydrogens is 585 g/mol. The second-order valence-corrected chi connectivity index (χ2v) is 10.4. The van der Waals surface area contributed by atoms with E-state index in [4.69, 9.17) is 14.2 Å². The van der Waals surface area contributed by atoms with Crippen LogP contribution in [0.3, 0.4) is 0 Å². The lowest BCUT2D eigenvalue weighted by molar-refractivity contribution is -0.123. The van der Waals surface area contributed by atoms with Gasteiger partial charge in [0.25, 0.3) is 11.1 Å². The van der Waals surface area contributed by atoms with Crippen LogP contribution in [0.4, 0.5) is 9.18 Å². The molecule has 0 bridgehead atoms. The average molecular weight is 608 g/mol. The number of halogens is 2. The minimum absolute atomic E-state index is 0.0767. The third kappa shape index (κ3) is 6.10.